The fourth-order valence-corrected chi connectivity index (χ4v) is 9.65. The predicted molar refractivity (Wildman–Crippen MR) is 250 cm³/mol. The minimum Gasteiger partial charge on any atom is -0.508 e. The first-order valence-corrected chi connectivity index (χ1v) is 21.8. The zero-order valence-corrected chi connectivity index (χ0v) is 38.8. The monoisotopic (exact) mass is 990 g/mol. The van der Waals surface area contributed by atoms with Gasteiger partial charge in [0.05, 0.1) is 0 Å². The summed E-state index contributed by atoms with van der Waals surface area (Å²) in [4.78, 5) is 0. The van der Waals surface area contributed by atoms with Crippen LogP contribution >= 0.6 is 47.8 Å². The molecule has 7 aromatic carbocycles. The Morgan fingerprint density at radius 2 is 0.467 bits per heavy atom. The Labute approximate surface area is 376 Å². The van der Waals surface area contributed by atoms with Crippen LogP contribution in [0.15, 0.2) is 159 Å². The number of ether oxygens (including phenoxy) is 3. The van der Waals surface area contributed by atoms with Gasteiger partial charge in [-0.05, 0) is 154 Å². The Bertz CT molecular complexity index is 2290. The third kappa shape index (κ3) is 8.80. The van der Waals surface area contributed by atoms with Crippen molar-refractivity contribution in [3.8, 4) is 51.7 Å². The number of hydrogen-bond donors (Lipinski definition) is 3. The van der Waals surface area contributed by atoms with Crippen molar-refractivity contribution in [2.45, 2.75) is 57.8 Å². The predicted octanol–water partition coefficient (Wildman–Crippen LogP) is 15.4. The highest BCUT2D eigenvalue weighted by Gasteiger charge is 2.29. The highest BCUT2D eigenvalue weighted by atomic mass is 79.9. The first-order valence-electron chi connectivity index (χ1n) is 19.4. The second kappa shape index (κ2) is 17.0. The molecule has 0 saturated carbocycles. The molecule has 0 unspecified atom stereocenters. The molecule has 6 nitrogen and oxygen atoms in total. The summed E-state index contributed by atoms with van der Waals surface area (Å²) >= 11 is 11.5. The van der Waals surface area contributed by atoms with E-state index < -0.39 is 0 Å². The summed E-state index contributed by atoms with van der Waals surface area (Å²) in [5, 5.41) is 29.6. The molecular weight excluding hydrogens is 948 g/mol. The summed E-state index contributed by atoms with van der Waals surface area (Å²) in [5.41, 5.74) is 5.49. The maximum atomic E-state index is 9.85. The average Bonchev–Trinajstić information content (AvgIpc) is 3.23. The standard InChI is InChI=1S/C51H45Br3O6/c1-49(2,31-7-19-37(55)20-8-31)34-13-25-40(26-14-34)58-46-43(52)47(59-41-27-15-35(16-28-41)50(3,4)32-9-21-38(56)22-10-32)45(54)48(44(46)53)60-42-29-17-36(18-30-42)51(5,6)33-11-23-39(57)24-12-33/h7-30,55-57H,1-6H3. The molecule has 60 heavy (non-hydrogen) atoms. The van der Waals surface area contributed by atoms with Crippen molar-refractivity contribution < 1.29 is 29.5 Å². The Hall–Kier alpha value is -5.22. The third-order valence-electron chi connectivity index (χ3n) is 11.4. The maximum Gasteiger partial charge on any atom is 0.163 e. The van der Waals surface area contributed by atoms with Gasteiger partial charge in [0, 0.05) is 16.2 Å². The minimum atomic E-state index is -0.323. The smallest absolute Gasteiger partial charge is 0.163 e. The number of benzene rings is 7. The van der Waals surface area contributed by atoms with E-state index in [2.05, 4.69) is 89.3 Å². The topological polar surface area (TPSA) is 88.4 Å². The summed E-state index contributed by atoms with van der Waals surface area (Å²) in [7, 11) is 0. The summed E-state index contributed by atoms with van der Waals surface area (Å²) in [6, 6.07) is 45.7. The van der Waals surface area contributed by atoms with E-state index in [4.69, 9.17) is 14.2 Å². The van der Waals surface area contributed by atoms with Crippen molar-refractivity contribution in [3.63, 3.8) is 0 Å². The number of halogens is 3. The molecule has 3 N–H and O–H groups in total. The van der Waals surface area contributed by atoms with Crippen LogP contribution in [0.1, 0.15) is 74.9 Å². The highest BCUT2D eigenvalue weighted by molar-refractivity contribution is 9.11. The van der Waals surface area contributed by atoms with Crippen molar-refractivity contribution in [1.29, 1.82) is 0 Å². The van der Waals surface area contributed by atoms with Gasteiger partial charge in [-0.3, -0.25) is 0 Å². The number of phenolic OH excluding ortho intramolecular Hbond substituents is 3. The van der Waals surface area contributed by atoms with E-state index in [0.29, 0.717) is 47.9 Å². The zero-order chi connectivity index (χ0) is 43.0. The van der Waals surface area contributed by atoms with Gasteiger partial charge in [0.25, 0.3) is 0 Å². The molecule has 7 aromatic rings. The molecule has 9 heteroatoms. The van der Waals surface area contributed by atoms with Gasteiger partial charge in [-0.25, -0.2) is 0 Å². The van der Waals surface area contributed by atoms with Gasteiger partial charge in [0.15, 0.2) is 17.2 Å². The molecule has 0 heterocycles. The number of phenols is 3. The van der Waals surface area contributed by atoms with Crippen molar-refractivity contribution >= 4 is 47.8 Å². The second-order valence-electron chi connectivity index (χ2n) is 16.3. The Kier molecular flexibility index (Phi) is 12.2. The van der Waals surface area contributed by atoms with Gasteiger partial charge in [-0.2, -0.15) is 0 Å². The summed E-state index contributed by atoms with van der Waals surface area (Å²) in [5.74, 6) is 3.83. The molecule has 0 radical (unpaired) electrons. The molecule has 7 rings (SSSR count). The van der Waals surface area contributed by atoms with Crippen LogP contribution in [-0.4, -0.2) is 15.3 Å². The molecule has 0 atom stereocenters. The van der Waals surface area contributed by atoms with Gasteiger partial charge in [0.2, 0.25) is 0 Å². The van der Waals surface area contributed by atoms with E-state index in [1.54, 1.807) is 36.4 Å². The fourth-order valence-electron chi connectivity index (χ4n) is 7.17. The maximum absolute atomic E-state index is 9.85. The molecular formula is C51H45Br3O6. The van der Waals surface area contributed by atoms with Crippen LogP contribution in [0.3, 0.4) is 0 Å². The van der Waals surface area contributed by atoms with E-state index in [1.165, 1.54) is 0 Å². The number of rotatable bonds is 12. The Morgan fingerprint density at radius 3 is 0.650 bits per heavy atom. The highest BCUT2D eigenvalue weighted by Crippen LogP contribution is 2.55. The van der Waals surface area contributed by atoms with E-state index in [1.807, 2.05) is 109 Å². The number of hydrogen-bond acceptors (Lipinski definition) is 6. The number of aromatic hydroxyl groups is 3. The van der Waals surface area contributed by atoms with Gasteiger partial charge < -0.3 is 29.5 Å². The van der Waals surface area contributed by atoms with Gasteiger partial charge in [-0.15, -0.1) is 0 Å². The summed E-state index contributed by atoms with van der Waals surface area (Å²) < 4.78 is 21.6. The van der Waals surface area contributed by atoms with Crippen molar-refractivity contribution in [1.82, 2.24) is 0 Å². The van der Waals surface area contributed by atoms with Crippen LogP contribution in [0.5, 0.6) is 51.7 Å². The molecule has 0 aromatic heterocycles. The Morgan fingerprint density at radius 1 is 0.300 bits per heavy atom. The van der Waals surface area contributed by atoms with Crippen molar-refractivity contribution in [2.24, 2.45) is 0 Å². The minimum absolute atomic E-state index is 0.230. The fraction of sp³-hybridized carbons (Fsp3) is 0.176. The molecule has 0 aliphatic rings. The summed E-state index contributed by atoms with van der Waals surface area (Å²) in [6.45, 7) is 12.9. The van der Waals surface area contributed by atoms with Crippen LogP contribution in [0, 0.1) is 0 Å². The van der Waals surface area contributed by atoms with Crippen LogP contribution in [0.25, 0.3) is 0 Å². The first kappa shape index (κ1) is 42.9. The van der Waals surface area contributed by atoms with E-state index in [9.17, 15) is 15.3 Å². The van der Waals surface area contributed by atoms with E-state index in [-0.39, 0.29) is 33.5 Å². The van der Waals surface area contributed by atoms with Crippen LogP contribution in [0.4, 0.5) is 0 Å². The van der Waals surface area contributed by atoms with Gasteiger partial charge in [-0.1, -0.05) is 114 Å². The van der Waals surface area contributed by atoms with Crippen LogP contribution < -0.4 is 14.2 Å². The second-order valence-corrected chi connectivity index (χ2v) is 18.7. The Balaban J connectivity index is 1.23. The van der Waals surface area contributed by atoms with Gasteiger partial charge >= 0.3 is 0 Å². The molecule has 306 valence electrons. The zero-order valence-electron chi connectivity index (χ0n) is 34.1. The quantitative estimate of drug-likeness (QED) is 0.113. The van der Waals surface area contributed by atoms with Crippen molar-refractivity contribution in [3.05, 3.63) is 192 Å². The lowest BCUT2D eigenvalue weighted by Gasteiger charge is -2.27. The average molecular weight is 994 g/mol. The molecule has 0 saturated heterocycles. The lowest BCUT2D eigenvalue weighted by Crippen LogP contribution is -2.18. The first-order chi connectivity index (χ1) is 28.4. The van der Waals surface area contributed by atoms with Crippen LogP contribution in [-0.2, 0) is 16.2 Å². The lowest BCUT2D eigenvalue weighted by molar-refractivity contribution is 0.427. The molecule has 0 spiro atoms. The normalized spacial score (nSPS) is 11.9. The van der Waals surface area contributed by atoms with Crippen LogP contribution in [0.2, 0.25) is 0 Å². The third-order valence-corrected chi connectivity index (χ3v) is 13.5. The molecule has 0 fully saturated rings. The molecule has 0 amide bonds. The SMILES string of the molecule is CC(C)(c1ccc(O)cc1)c1ccc(Oc2c(Br)c(Oc3ccc(C(C)(C)c4ccc(O)cc4)cc3)c(Br)c(Oc3ccc(C(C)(C)c4ccc(O)cc4)cc3)c2Br)cc1. The lowest BCUT2D eigenvalue weighted by atomic mass is 9.78. The largest absolute Gasteiger partial charge is 0.508 e. The van der Waals surface area contributed by atoms with Gasteiger partial charge in [0.1, 0.15) is 47.9 Å². The van der Waals surface area contributed by atoms with E-state index in [0.717, 1.165) is 33.4 Å². The molecule has 0 aliphatic carbocycles. The van der Waals surface area contributed by atoms with Crippen molar-refractivity contribution in [2.75, 3.05) is 0 Å². The van der Waals surface area contributed by atoms with E-state index >= 15 is 0 Å². The molecule has 0 bridgehead atoms. The summed E-state index contributed by atoms with van der Waals surface area (Å²) in [6.07, 6.45) is 0. The molecule has 0 aliphatic heterocycles.